The number of rotatable bonds is 7. The molecule has 9 heteroatoms. The standard InChI is InChI=1S/C20H27F3N2O4/c21-20(22,23)13-24-18(27)17-12-25(14-19(17)4-7-28-8-5-19)11-15-2-1-3-16(10-15)29-9-6-26/h1-3,10,17,26H,4-9,11-14H2,(H,24,27)/t17-/m1/s1. The molecule has 0 aromatic heterocycles. The molecule has 6 nitrogen and oxygen atoms in total. The van der Waals surface area contributed by atoms with E-state index in [0.29, 0.717) is 51.4 Å². The first-order chi connectivity index (χ1) is 13.8. The number of nitrogens with one attached hydrogen (secondary N) is 1. The minimum absolute atomic E-state index is 0.0737. The van der Waals surface area contributed by atoms with Gasteiger partial charge in [0.05, 0.1) is 12.5 Å². The van der Waals surface area contributed by atoms with Crippen molar-refractivity contribution in [1.29, 1.82) is 0 Å². The van der Waals surface area contributed by atoms with Crippen molar-refractivity contribution in [3.8, 4) is 5.75 Å². The van der Waals surface area contributed by atoms with Gasteiger partial charge in [0.1, 0.15) is 18.9 Å². The lowest BCUT2D eigenvalue weighted by Crippen LogP contribution is -2.46. The fraction of sp³-hybridized carbons (Fsp3) is 0.650. The fourth-order valence-electron chi connectivity index (χ4n) is 4.30. The molecule has 0 unspecified atom stereocenters. The van der Waals surface area contributed by atoms with Crippen molar-refractivity contribution in [1.82, 2.24) is 10.2 Å². The largest absolute Gasteiger partial charge is 0.491 e. The predicted molar refractivity (Wildman–Crippen MR) is 99.3 cm³/mol. The van der Waals surface area contributed by atoms with E-state index in [1.54, 1.807) is 6.07 Å². The molecule has 2 heterocycles. The summed E-state index contributed by atoms with van der Waals surface area (Å²) in [6.07, 6.45) is -3.10. The summed E-state index contributed by atoms with van der Waals surface area (Å²) in [6.45, 7) is 1.48. The first kappa shape index (κ1) is 21.9. The van der Waals surface area contributed by atoms with E-state index in [9.17, 15) is 18.0 Å². The van der Waals surface area contributed by atoms with Gasteiger partial charge < -0.3 is 19.9 Å². The number of likely N-dealkylation sites (tertiary alicyclic amines) is 1. The Labute approximate surface area is 168 Å². The molecular formula is C20H27F3N2O4. The van der Waals surface area contributed by atoms with E-state index in [4.69, 9.17) is 14.6 Å². The topological polar surface area (TPSA) is 71.0 Å². The number of amides is 1. The van der Waals surface area contributed by atoms with Crippen LogP contribution in [0.3, 0.4) is 0 Å². The van der Waals surface area contributed by atoms with Crippen LogP contribution < -0.4 is 10.1 Å². The maximum Gasteiger partial charge on any atom is 0.405 e. The monoisotopic (exact) mass is 416 g/mol. The van der Waals surface area contributed by atoms with Crippen LogP contribution in [0.1, 0.15) is 18.4 Å². The zero-order valence-electron chi connectivity index (χ0n) is 16.2. The molecule has 1 spiro atoms. The lowest BCUT2D eigenvalue weighted by atomic mass is 9.72. The molecule has 2 saturated heterocycles. The Kier molecular flexibility index (Phi) is 7.02. The second kappa shape index (κ2) is 9.32. The van der Waals surface area contributed by atoms with Crippen LogP contribution in [-0.2, 0) is 16.1 Å². The van der Waals surface area contributed by atoms with Gasteiger partial charge in [0.2, 0.25) is 5.91 Å². The molecule has 1 atom stereocenters. The van der Waals surface area contributed by atoms with Crippen LogP contribution in [0.2, 0.25) is 0 Å². The Hall–Kier alpha value is -1.84. The molecule has 2 N–H and O–H groups in total. The average molecular weight is 416 g/mol. The number of hydrogen-bond donors (Lipinski definition) is 2. The van der Waals surface area contributed by atoms with Gasteiger partial charge in [-0.05, 0) is 30.5 Å². The Balaban J connectivity index is 1.69. The third-order valence-corrected chi connectivity index (χ3v) is 5.65. The van der Waals surface area contributed by atoms with Crippen LogP contribution in [-0.4, -0.2) is 68.2 Å². The Morgan fingerprint density at radius 3 is 2.79 bits per heavy atom. The van der Waals surface area contributed by atoms with Crippen LogP contribution in [0.5, 0.6) is 5.75 Å². The number of halogens is 3. The Morgan fingerprint density at radius 2 is 2.10 bits per heavy atom. The van der Waals surface area contributed by atoms with Gasteiger partial charge in [-0.15, -0.1) is 0 Å². The molecule has 2 aliphatic heterocycles. The van der Waals surface area contributed by atoms with Gasteiger partial charge in [0, 0.05) is 38.3 Å². The highest BCUT2D eigenvalue weighted by Gasteiger charge is 2.50. The minimum Gasteiger partial charge on any atom is -0.491 e. The molecule has 1 aromatic carbocycles. The summed E-state index contributed by atoms with van der Waals surface area (Å²) in [5.41, 5.74) is 0.623. The number of aliphatic hydroxyl groups is 1. The van der Waals surface area contributed by atoms with Gasteiger partial charge in [-0.1, -0.05) is 12.1 Å². The van der Waals surface area contributed by atoms with E-state index in [0.717, 1.165) is 5.56 Å². The van der Waals surface area contributed by atoms with Crippen LogP contribution in [0.4, 0.5) is 13.2 Å². The van der Waals surface area contributed by atoms with Crippen molar-refractivity contribution in [3.63, 3.8) is 0 Å². The van der Waals surface area contributed by atoms with Gasteiger partial charge in [-0.25, -0.2) is 0 Å². The first-order valence-corrected chi connectivity index (χ1v) is 9.78. The summed E-state index contributed by atoms with van der Waals surface area (Å²) in [4.78, 5) is 14.7. The van der Waals surface area contributed by atoms with E-state index in [1.165, 1.54) is 0 Å². The molecule has 0 aliphatic carbocycles. The normalized spacial score (nSPS) is 22.0. The minimum atomic E-state index is -4.42. The van der Waals surface area contributed by atoms with E-state index in [2.05, 4.69) is 10.2 Å². The Morgan fingerprint density at radius 1 is 1.34 bits per heavy atom. The number of ether oxygens (including phenoxy) is 2. The van der Waals surface area contributed by atoms with Crippen molar-refractivity contribution < 1.29 is 32.5 Å². The van der Waals surface area contributed by atoms with E-state index >= 15 is 0 Å². The number of carbonyl (C=O) groups is 1. The third-order valence-electron chi connectivity index (χ3n) is 5.65. The second-order valence-electron chi connectivity index (χ2n) is 7.75. The summed E-state index contributed by atoms with van der Waals surface area (Å²) in [5, 5.41) is 11.0. The van der Waals surface area contributed by atoms with Gasteiger partial charge in [0.15, 0.2) is 0 Å². The van der Waals surface area contributed by atoms with Crippen molar-refractivity contribution in [2.75, 3.05) is 46.1 Å². The summed E-state index contributed by atoms with van der Waals surface area (Å²) in [5.74, 6) is -0.384. The van der Waals surface area contributed by atoms with E-state index in [-0.39, 0.29) is 18.6 Å². The number of carbonyl (C=O) groups excluding carboxylic acids is 1. The molecule has 162 valence electrons. The summed E-state index contributed by atoms with van der Waals surface area (Å²) < 4.78 is 48.5. The summed E-state index contributed by atoms with van der Waals surface area (Å²) >= 11 is 0. The van der Waals surface area contributed by atoms with E-state index in [1.807, 2.05) is 18.2 Å². The molecular weight excluding hydrogens is 389 g/mol. The smallest absolute Gasteiger partial charge is 0.405 e. The average Bonchev–Trinajstić information content (AvgIpc) is 3.02. The van der Waals surface area contributed by atoms with Crippen LogP contribution >= 0.6 is 0 Å². The van der Waals surface area contributed by atoms with Gasteiger partial charge in [-0.2, -0.15) is 13.2 Å². The number of nitrogens with zero attached hydrogens (tertiary/aromatic N) is 1. The van der Waals surface area contributed by atoms with Crippen LogP contribution in [0.25, 0.3) is 0 Å². The molecule has 0 bridgehead atoms. The van der Waals surface area contributed by atoms with Crippen molar-refractivity contribution in [2.45, 2.75) is 25.6 Å². The van der Waals surface area contributed by atoms with Crippen molar-refractivity contribution in [2.24, 2.45) is 11.3 Å². The lowest BCUT2D eigenvalue weighted by molar-refractivity contribution is -0.143. The zero-order valence-corrected chi connectivity index (χ0v) is 16.2. The van der Waals surface area contributed by atoms with E-state index < -0.39 is 24.5 Å². The van der Waals surface area contributed by atoms with Gasteiger partial charge in [0.25, 0.3) is 0 Å². The highest BCUT2D eigenvalue weighted by molar-refractivity contribution is 5.80. The van der Waals surface area contributed by atoms with Gasteiger partial charge >= 0.3 is 6.18 Å². The quantitative estimate of drug-likeness (QED) is 0.711. The molecule has 1 amide bonds. The van der Waals surface area contributed by atoms with Crippen molar-refractivity contribution >= 4 is 5.91 Å². The molecule has 1 aromatic rings. The maximum atomic E-state index is 12.6. The molecule has 2 aliphatic rings. The lowest BCUT2D eigenvalue weighted by Gasteiger charge is -2.37. The molecule has 3 rings (SSSR count). The fourth-order valence-corrected chi connectivity index (χ4v) is 4.30. The molecule has 0 saturated carbocycles. The predicted octanol–water partition coefficient (Wildman–Crippen LogP) is 1.96. The summed E-state index contributed by atoms with van der Waals surface area (Å²) in [6, 6.07) is 7.48. The molecule has 0 radical (unpaired) electrons. The first-order valence-electron chi connectivity index (χ1n) is 9.78. The Bertz CT molecular complexity index is 693. The van der Waals surface area contributed by atoms with Crippen LogP contribution in [0.15, 0.2) is 24.3 Å². The second-order valence-corrected chi connectivity index (χ2v) is 7.75. The number of hydrogen-bond acceptors (Lipinski definition) is 5. The molecule has 2 fully saturated rings. The third kappa shape index (κ3) is 5.83. The zero-order chi connectivity index (χ0) is 20.9. The maximum absolute atomic E-state index is 12.6. The molecule has 29 heavy (non-hydrogen) atoms. The van der Waals surface area contributed by atoms with Crippen LogP contribution in [0, 0.1) is 11.3 Å². The SMILES string of the molecule is O=C(NCC(F)(F)F)[C@H]1CN(Cc2cccc(OCCO)c2)CC12CCOCC2. The number of alkyl halides is 3. The number of benzene rings is 1. The highest BCUT2D eigenvalue weighted by atomic mass is 19.4. The highest BCUT2D eigenvalue weighted by Crippen LogP contribution is 2.45. The van der Waals surface area contributed by atoms with Crippen molar-refractivity contribution in [3.05, 3.63) is 29.8 Å². The summed E-state index contributed by atoms with van der Waals surface area (Å²) in [7, 11) is 0. The number of aliphatic hydroxyl groups excluding tert-OH is 1. The van der Waals surface area contributed by atoms with Gasteiger partial charge in [-0.3, -0.25) is 9.69 Å².